The lowest BCUT2D eigenvalue weighted by Gasteiger charge is -2.31. The summed E-state index contributed by atoms with van der Waals surface area (Å²) in [6.07, 6.45) is 13.3. The highest BCUT2D eigenvalue weighted by Gasteiger charge is 2.24. The Hall–Kier alpha value is -6.61. The Kier molecular flexibility index (Phi) is 16.0. The van der Waals surface area contributed by atoms with Crippen LogP contribution in [-0.2, 0) is 22.4 Å². The van der Waals surface area contributed by atoms with E-state index in [4.69, 9.17) is 40.0 Å². The molecule has 0 amide bonds. The van der Waals surface area contributed by atoms with Gasteiger partial charge in [-0.3, -0.25) is 14.5 Å². The predicted octanol–water partition coefficient (Wildman–Crippen LogP) is 10.2. The van der Waals surface area contributed by atoms with Crippen LogP contribution in [0.3, 0.4) is 0 Å². The lowest BCUT2D eigenvalue weighted by atomic mass is 10.1. The van der Waals surface area contributed by atoms with Crippen molar-refractivity contribution < 1.29 is 38.0 Å². The van der Waals surface area contributed by atoms with Gasteiger partial charge in [-0.25, -0.2) is 19.9 Å². The maximum atomic E-state index is 11.4. The van der Waals surface area contributed by atoms with Gasteiger partial charge in [0.1, 0.15) is 47.9 Å². The highest BCUT2D eigenvalue weighted by atomic mass is 35.5. The SMILES string of the molecule is CC(=O)CCl.COc1cc2c(Oc3ccc4c(c3)C=C(C)C4)ncnc2cc1OC1CCN(CC(C)=O)CC1.COc1cc2c(Oc3ccc4c(c3)C=C(C)C4)ncnc2cc1OC1CCNCC1. The summed E-state index contributed by atoms with van der Waals surface area (Å²) < 4.78 is 36.1. The van der Waals surface area contributed by atoms with Crippen LogP contribution in [0.15, 0.2) is 84.5 Å². The van der Waals surface area contributed by atoms with Crippen LogP contribution in [-0.4, -0.2) is 101 Å². The van der Waals surface area contributed by atoms with E-state index in [-0.39, 0.29) is 29.7 Å². The van der Waals surface area contributed by atoms with E-state index in [9.17, 15) is 9.59 Å². The number of fused-ring (bicyclic) bond motifs is 4. The summed E-state index contributed by atoms with van der Waals surface area (Å²) in [5.41, 5.74) is 9.24. The van der Waals surface area contributed by atoms with E-state index in [1.165, 1.54) is 53.0 Å². The van der Waals surface area contributed by atoms with Crippen LogP contribution in [0.25, 0.3) is 34.0 Å². The molecule has 14 nitrogen and oxygen atoms in total. The summed E-state index contributed by atoms with van der Waals surface area (Å²) in [4.78, 5) is 40.9. The van der Waals surface area contributed by atoms with Gasteiger partial charge in [0.05, 0.1) is 48.5 Å². The van der Waals surface area contributed by atoms with Gasteiger partial charge in [-0.2, -0.15) is 0 Å². The lowest BCUT2D eigenvalue weighted by molar-refractivity contribution is -0.118. The standard InChI is InChI=1S/C27H29N3O4.C24H25N3O3.C3H5ClO/c1-17-10-19-4-5-22(12-20(19)11-17)34-27-23-13-25(32-3)26(14-24(23)28-16-29-27)33-21-6-8-30(9-7-21)15-18(2)31;1-15-9-16-3-4-19(11-17(16)10-15)30-24-20-12-22(28-2)23(13-21(20)26-14-27-24)29-18-5-7-25-8-6-18;1-3(5)2-4/h4-5,11-14,16,21H,6-10,15H2,1-3H3;3-4,10-14,18,25H,5-9H2,1-2H3;2H2,1H3. The van der Waals surface area contributed by atoms with E-state index in [1.54, 1.807) is 21.1 Å². The maximum Gasteiger partial charge on any atom is 0.230 e. The molecule has 10 rings (SSSR count). The topological polar surface area (TPSA) is 156 Å². The molecule has 6 aromatic rings. The predicted molar refractivity (Wildman–Crippen MR) is 269 cm³/mol. The fraction of sp³-hybridized carbons (Fsp3) is 0.370. The molecule has 0 spiro atoms. The molecule has 1 N–H and O–H groups in total. The number of methoxy groups -OCH3 is 2. The molecule has 2 fully saturated rings. The van der Waals surface area contributed by atoms with Crippen molar-refractivity contribution in [1.82, 2.24) is 30.2 Å². The van der Waals surface area contributed by atoms with E-state index in [2.05, 4.69) is 74.4 Å². The van der Waals surface area contributed by atoms with Gasteiger partial charge in [0.2, 0.25) is 11.8 Å². The third kappa shape index (κ3) is 12.5. The van der Waals surface area contributed by atoms with Crippen LogP contribution in [0.2, 0.25) is 0 Å². The summed E-state index contributed by atoms with van der Waals surface area (Å²) in [7, 11) is 3.28. The molecule has 0 unspecified atom stereocenters. The molecule has 2 aliphatic carbocycles. The zero-order chi connectivity index (χ0) is 48.4. The van der Waals surface area contributed by atoms with Crippen LogP contribution in [0.1, 0.15) is 75.6 Å². The number of hydrogen-bond donors (Lipinski definition) is 1. The first-order valence-corrected chi connectivity index (χ1v) is 23.9. The molecule has 2 saturated heterocycles. The zero-order valence-electron chi connectivity index (χ0n) is 40.1. The molecule has 360 valence electrons. The number of carbonyl (C=O) groups is 2. The van der Waals surface area contributed by atoms with Gasteiger partial charge < -0.3 is 33.7 Å². The number of ether oxygens (including phenoxy) is 6. The Morgan fingerprint density at radius 1 is 0.638 bits per heavy atom. The number of likely N-dealkylation sites (tertiary alicyclic amines) is 1. The molecular weight excluding hydrogens is 896 g/mol. The summed E-state index contributed by atoms with van der Waals surface area (Å²) >= 11 is 4.99. The van der Waals surface area contributed by atoms with Crippen molar-refractivity contribution in [3.05, 3.63) is 107 Å². The van der Waals surface area contributed by atoms with Crippen molar-refractivity contribution in [1.29, 1.82) is 0 Å². The number of aromatic nitrogens is 4. The third-order valence-electron chi connectivity index (χ3n) is 12.2. The minimum absolute atomic E-state index is 0.0201. The molecule has 2 aliphatic heterocycles. The largest absolute Gasteiger partial charge is 0.493 e. The Labute approximate surface area is 408 Å². The number of ketones is 2. The van der Waals surface area contributed by atoms with Gasteiger partial charge in [0.15, 0.2) is 23.0 Å². The first-order valence-electron chi connectivity index (χ1n) is 23.4. The average molecular weight is 956 g/mol. The molecule has 0 radical (unpaired) electrons. The van der Waals surface area contributed by atoms with Gasteiger partial charge in [-0.1, -0.05) is 35.4 Å². The van der Waals surface area contributed by atoms with Crippen LogP contribution in [0, 0.1) is 0 Å². The lowest BCUT2D eigenvalue weighted by Crippen LogP contribution is -2.40. The van der Waals surface area contributed by atoms with E-state index >= 15 is 0 Å². The highest BCUT2D eigenvalue weighted by molar-refractivity contribution is 6.27. The van der Waals surface area contributed by atoms with Gasteiger partial charge in [0, 0.05) is 25.2 Å². The van der Waals surface area contributed by atoms with Gasteiger partial charge in [-0.05, 0) is 138 Å². The Morgan fingerprint density at radius 3 is 1.54 bits per heavy atom. The molecular formula is C54H59ClN6O8. The summed E-state index contributed by atoms with van der Waals surface area (Å²) in [5, 5.41) is 4.91. The van der Waals surface area contributed by atoms with Gasteiger partial charge >= 0.3 is 0 Å². The van der Waals surface area contributed by atoms with Crippen molar-refractivity contribution >= 4 is 57.1 Å². The molecule has 0 atom stereocenters. The number of rotatable bonds is 13. The normalized spacial score (nSPS) is 15.6. The number of Topliss-reactive ketones (excluding diaryl/α,β-unsaturated/α-hetero) is 2. The molecule has 4 aliphatic rings. The van der Waals surface area contributed by atoms with E-state index in [0.29, 0.717) is 41.3 Å². The number of halogens is 1. The zero-order valence-corrected chi connectivity index (χ0v) is 40.9. The minimum Gasteiger partial charge on any atom is -0.493 e. The highest BCUT2D eigenvalue weighted by Crippen LogP contribution is 2.40. The van der Waals surface area contributed by atoms with Crippen LogP contribution in [0.5, 0.6) is 46.3 Å². The number of benzene rings is 4. The van der Waals surface area contributed by atoms with E-state index in [0.717, 1.165) is 98.0 Å². The van der Waals surface area contributed by atoms with Crippen LogP contribution >= 0.6 is 11.6 Å². The van der Waals surface area contributed by atoms with Crippen molar-refractivity contribution in [3.8, 4) is 46.3 Å². The van der Waals surface area contributed by atoms with Gasteiger partial charge in [0.25, 0.3) is 0 Å². The summed E-state index contributed by atoms with van der Waals surface area (Å²) in [6.45, 7) is 11.5. The number of allylic oxidation sites excluding steroid dienone is 2. The first-order chi connectivity index (χ1) is 33.4. The van der Waals surface area contributed by atoms with E-state index in [1.807, 2.05) is 42.5 Å². The quantitative estimate of drug-likeness (QED) is 0.109. The summed E-state index contributed by atoms with van der Waals surface area (Å²) in [5.74, 6) is 5.47. The number of piperidine rings is 2. The molecule has 4 aromatic carbocycles. The Morgan fingerprint density at radius 2 is 1.10 bits per heavy atom. The molecule has 15 heteroatoms. The molecule has 2 aromatic heterocycles. The second-order valence-electron chi connectivity index (χ2n) is 17.9. The fourth-order valence-corrected chi connectivity index (χ4v) is 8.84. The third-order valence-corrected chi connectivity index (χ3v) is 12.6. The minimum atomic E-state index is 0.0201. The van der Waals surface area contributed by atoms with Crippen molar-refractivity contribution in [2.75, 3.05) is 52.8 Å². The number of hydrogen-bond acceptors (Lipinski definition) is 14. The van der Waals surface area contributed by atoms with Crippen molar-refractivity contribution in [3.63, 3.8) is 0 Å². The number of carbonyl (C=O) groups excluding carboxylic acids is 2. The van der Waals surface area contributed by atoms with Crippen LogP contribution in [0.4, 0.5) is 0 Å². The average Bonchev–Trinajstić information content (AvgIpc) is 3.92. The Bertz CT molecular complexity index is 2890. The fourth-order valence-electron chi connectivity index (χ4n) is 8.84. The molecule has 4 heterocycles. The summed E-state index contributed by atoms with van der Waals surface area (Å²) in [6, 6.07) is 19.9. The van der Waals surface area contributed by atoms with E-state index < -0.39 is 0 Å². The smallest absolute Gasteiger partial charge is 0.230 e. The Balaban J connectivity index is 0.000000171. The molecule has 69 heavy (non-hydrogen) atoms. The van der Waals surface area contributed by atoms with Crippen LogP contribution < -0.4 is 33.7 Å². The van der Waals surface area contributed by atoms with Crippen molar-refractivity contribution in [2.24, 2.45) is 0 Å². The molecule has 0 saturated carbocycles. The first kappa shape index (κ1) is 48.8. The monoisotopic (exact) mass is 954 g/mol. The second kappa shape index (κ2) is 22.7. The molecule has 0 bridgehead atoms. The van der Waals surface area contributed by atoms with Crippen molar-refractivity contribution in [2.45, 2.75) is 78.4 Å². The number of nitrogens with one attached hydrogen (secondary N) is 1. The second-order valence-corrected chi connectivity index (χ2v) is 18.1. The number of nitrogens with zero attached hydrogens (tertiary/aromatic N) is 5. The van der Waals surface area contributed by atoms with Gasteiger partial charge in [-0.15, -0.1) is 11.6 Å². The number of alkyl halides is 1. The maximum absolute atomic E-state index is 11.4.